The Bertz CT molecular complexity index is 202. The molecule has 0 bridgehead atoms. The summed E-state index contributed by atoms with van der Waals surface area (Å²) in [5.41, 5.74) is 0. The van der Waals surface area contributed by atoms with E-state index in [0.717, 1.165) is 17.9 Å². The Morgan fingerprint density at radius 2 is 1.58 bits per heavy atom. The molecule has 0 aromatic carbocycles. The van der Waals surface area contributed by atoms with Crippen molar-refractivity contribution in [2.45, 2.75) is 96.9 Å². The minimum Gasteiger partial charge on any atom is -0.317 e. The van der Waals surface area contributed by atoms with Crippen LogP contribution in [-0.2, 0) is 0 Å². The lowest BCUT2D eigenvalue weighted by atomic mass is 9.75. The van der Waals surface area contributed by atoms with Gasteiger partial charge in [0.1, 0.15) is 0 Å². The van der Waals surface area contributed by atoms with Crippen molar-refractivity contribution in [1.29, 1.82) is 0 Å². The van der Waals surface area contributed by atoms with Gasteiger partial charge in [-0.05, 0) is 44.6 Å². The third-order valence-corrected chi connectivity index (χ3v) is 5.22. The molecule has 1 saturated carbocycles. The van der Waals surface area contributed by atoms with Crippen molar-refractivity contribution in [3.05, 3.63) is 0 Å². The lowest BCUT2D eigenvalue weighted by Gasteiger charge is -2.36. The molecule has 1 aliphatic rings. The van der Waals surface area contributed by atoms with Crippen LogP contribution in [0.15, 0.2) is 0 Å². The van der Waals surface area contributed by atoms with Gasteiger partial charge in [-0.1, -0.05) is 65.2 Å². The van der Waals surface area contributed by atoms with Crippen LogP contribution in [-0.4, -0.2) is 13.1 Å². The van der Waals surface area contributed by atoms with E-state index < -0.39 is 0 Å². The van der Waals surface area contributed by atoms with Crippen LogP contribution in [0.1, 0.15) is 90.9 Å². The summed E-state index contributed by atoms with van der Waals surface area (Å²) in [6.07, 6.45) is 17.3. The fourth-order valence-electron chi connectivity index (χ4n) is 3.79. The van der Waals surface area contributed by atoms with Gasteiger partial charge < -0.3 is 5.32 Å². The quantitative estimate of drug-likeness (QED) is 0.512. The lowest BCUT2D eigenvalue weighted by Crippen LogP contribution is -2.38. The van der Waals surface area contributed by atoms with Crippen LogP contribution >= 0.6 is 0 Å². The van der Waals surface area contributed by atoms with Crippen molar-refractivity contribution in [2.75, 3.05) is 7.05 Å². The Morgan fingerprint density at radius 1 is 0.895 bits per heavy atom. The highest BCUT2D eigenvalue weighted by atomic mass is 14.9. The van der Waals surface area contributed by atoms with Crippen LogP contribution in [0.5, 0.6) is 0 Å². The van der Waals surface area contributed by atoms with Crippen LogP contribution in [0.25, 0.3) is 0 Å². The summed E-state index contributed by atoms with van der Waals surface area (Å²) < 4.78 is 0. The fraction of sp³-hybridized carbons (Fsp3) is 1.00. The molecule has 1 nitrogen and oxygen atoms in total. The second-order valence-corrected chi connectivity index (χ2v) is 6.65. The van der Waals surface area contributed by atoms with Crippen LogP contribution in [0.2, 0.25) is 0 Å². The van der Waals surface area contributed by atoms with Gasteiger partial charge in [0.25, 0.3) is 0 Å². The Balaban J connectivity index is 2.11. The number of hydrogen-bond donors (Lipinski definition) is 1. The summed E-state index contributed by atoms with van der Waals surface area (Å²) in [7, 11) is 2.16. The molecule has 3 atom stereocenters. The molecular weight excluding hydrogens is 230 g/mol. The van der Waals surface area contributed by atoms with Gasteiger partial charge in [0.15, 0.2) is 0 Å². The maximum atomic E-state index is 3.57. The van der Waals surface area contributed by atoms with Crippen molar-refractivity contribution in [2.24, 2.45) is 11.8 Å². The molecule has 1 N–H and O–H groups in total. The second kappa shape index (κ2) is 10.7. The van der Waals surface area contributed by atoms with Crippen LogP contribution < -0.4 is 5.32 Å². The zero-order valence-electron chi connectivity index (χ0n) is 13.7. The highest BCUT2D eigenvalue weighted by molar-refractivity contribution is 4.83. The molecule has 0 radical (unpaired) electrons. The first kappa shape index (κ1) is 17.0. The van der Waals surface area contributed by atoms with Gasteiger partial charge in [0, 0.05) is 6.04 Å². The van der Waals surface area contributed by atoms with E-state index >= 15 is 0 Å². The minimum absolute atomic E-state index is 0.808. The van der Waals surface area contributed by atoms with Gasteiger partial charge in [-0.25, -0.2) is 0 Å². The summed E-state index contributed by atoms with van der Waals surface area (Å²) in [5.74, 6) is 1.97. The molecule has 1 fully saturated rings. The van der Waals surface area contributed by atoms with E-state index in [1.54, 1.807) is 0 Å². The molecular formula is C18H37N. The summed E-state index contributed by atoms with van der Waals surface area (Å²) >= 11 is 0. The first-order valence-corrected chi connectivity index (χ1v) is 8.99. The summed E-state index contributed by atoms with van der Waals surface area (Å²) in [6.45, 7) is 4.67. The molecule has 114 valence electrons. The maximum absolute atomic E-state index is 3.57. The third kappa shape index (κ3) is 6.79. The van der Waals surface area contributed by atoms with Crippen molar-refractivity contribution < 1.29 is 0 Å². The molecule has 0 spiro atoms. The average molecular weight is 268 g/mol. The molecule has 19 heavy (non-hydrogen) atoms. The molecule has 0 amide bonds. The van der Waals surface area contributed by atoms with Crippen LogP contribution in [0, 0.1) is 11.8 Å². The summed E-state index contributed by atoms with van der Waals surface area (Å²) in [5, 5.41) is 3.57. The number of nitrogens with one attached hydrogen (secondary N) is 1. The first-order chi connectivity index (χ1) is 9.31. The van der Waals surface area contributed by atoms with E-state index in [4.69, 9.17) is 0 Å². The van der Waals surface area contributed by atoms with Crippen molar-refractivity contribution in [3.8, 4) is 0 Å². The predicted molar refractivity (Wildman–Crippen MR) is 86.6 cm³/mol. The Kier molecular flexibility index (Phi) is 9.59. The average Bonchev–Trinajstić information content (AvgIpc) is 2.46. The van der Waals surface area contributed by atoms with E-state index in [-0.39, 0.29) is 0 Å². The van der Waals surface area contributed by atoms with Crippen LogP contribution in [0.3, 0.4) is 0 Å². The SMILES string of the molecule is CCCCCCCCCC1CC(CC)CCC1NC. The molecule has 0 aromatic rings. The van der Waals surface area contributed by atoms with Gasteiger partial charge >= 0.3 is 0 Å². The smallest absolute Gasteiger partial charge is 0.00925 e. The zero-order chi connectivity index (χ0) is 13.9. The molecule has 0 saturated heterocycles. The lowest BCUT2D eigenvalue weighted by molar-refractivity contribution is 0.192. The normalized spacial score (nSPS) is 27.6. The Morgan fingerprint density at radius 3 is 2.21 bits per heavy atom. The molecule has 0 heterocycles. The Labute approximate surface area is 121 Å². The molecule has 0 aliphatic heterocycles. The van der Waals surface area contributed by atoms with Gasteiger partial charge in [0.2, 0.25) is 0 Å². The zero-order valence-corrected chi connectivity index (χ0v) is 13.7. The molecule has 3 unspecified atom stereocenters. The topological polar surface area (TPSA) is 12.0 Å². The third-order valence-electron chi connectivity index (χ3n) is 5.22. The minimum atomic E-state index is 0.808. The predicted octanol–water partition coefficient (Wildman–Crippen LogP) is 5.54. The van der Waals surface area contributed by atoms with Crippen molar-refractivity contribution >= 4 is 0 Å². The van der Waals surface area contributed by atoms with E-state index in [2.05, 4.69) is 26.2 Å². The highest BCUT2D eigenvalue weighted by Crippen LogP contribution is 2.34. The number of rotatable bonds is 10. The highest BCUT2D eigenvalue weighted by Gasteiger charge is 2.27. The van der Waals surface area contributed by atoms with Crippen molar-refractivity contribution in [3.63, 3.8) is 0 Å². The maximum Gasteiger partial charge on any atom is 0.00925 e. The number of hydrogen-bond acceptors (Lipinski definition) is 1. The molecule has 0 aromatic heterocycles. The summed E-state index contributed by atoms with van der Waals surface area (Å²) in [6, 6.07) is 0.808. The molecule has 1 aliphatic carbocycles. The van der Waals surface area contributed by atoms with Gasteiger partial charge in [0.05, 0.1) is 0 Å². The van der Waals surface area contributed by atoms with Crippen LogP contribution in [0.4, 0.5) is 0 Å². The van der Waals surface area contributed by atoms with Gasteiger partial charge in [-0.15, -0.1) is 0 Å². The fourth-order valence-corrected chi connectivity index (χ4v) is 3.79. The monoisotopic (exact) mass is 267 g/mol. The van der Waals surface area contributed by atoms with Crippen molar-refractivity contribution in [1.82, 2.24) is 5.32 Å². The van der Waals surface area contributed by atoms with E-state index in [9.17, 15) is 0 Å². The number of unbranched alkanes of at least 4 members (excludes halogenated alkanes) is 6. The Hall–Kier alpha value is -0.0400. The first-order valence-electron chi connectivity index (χ1n) is 8.99. The second-order valence-electron chi connectivity index (χ2n) is 6.65. The van der Waals surface area contributed by atoms with Gasteiger partial charge in [-0.2, -0.15) is 0 Å². The van der Waals surface area contributed by atoms with Gasteiger partial charge in [-0.3, -0.25) is 0 Å². The molecule has 1 heteroatoms. The standard InChI is InChI=1S/C18H37N/c1-4-6-7-8-9-10-11-12-17-15-16(5-2)13-14-18(17)19-3/h16-19H,4-15H2,1-3H3. The van der Waals surface area contributed by atoms with E-state index in [0.29, 0.717) is 0 Å². The molecule has 1 rings (SSSR count). The summed E-state index contributed by atoms with van der Waals surface area (Å²) in [4.78, 5) is 0. The van der Waals surface area contributed by atoms with E-state index in [1.165, 1.54) is 77.0 Å². The van der Waals surface area contributed by atoms with E-state index in [1.807, 2.05) is 0 Å². The largest absolute Gasteiger partial charge is 0.317 e.